The number of carbonyl (C=O) groups excluding carboxylic acids is 2. The van der Waals surface area contributed by atoms with Crippen LogP contribution in [0, 0.1) is 5.92 Å². The van der Waals surface area contributed by atoms with E-state index in [9.17, 15) is 14.7 Å². The molecule has 0 saturated carbocycles. The molecule has 122 valence electrons. The molecule has 4 nitrogen and oxygen atoms in total. The molecule has 1 fully saturated rings. The summed E-state index contributed by atoms with van der Waals surface area (Å²) in [7, 11) is 0. The summed E-state index contributed by atoms with van der Waals surface area (Å²) in [5, 5.41) is 11.0. The van der Waals surface area contributed by atoms with Gasteiger partial charge >= 0.3 is 29.6 Å². The van der Waals surface area contributed by atoms with Crippen molar-refractivity contribution in [1.82, 2.24) is 4.90 Å². The summed E-state index contributed by atoms with van der Waals surface area (Å²) in [6.45, 7) is 4.70. The molecule has 0 bridgehead atoms. The monoisotopic (exact) mass is 319 g/mol. The first-order valence-corrected chi connectivity index (χ1v) is 8.59. The van der Waals surface area contributed by atoms with E-state index in [0.29, 0.717) is 13.0 Å². The smallest absolute Gasteiger partial charge is 0.548 e. The van der Waals surface area contributed by atoms with Gasteiger partial charge in [-0.25, -0.2) is 0 Å². The van der Waals surface area contributed by atoms with Gasteiger partial charge in [-0.15, -0.1) is 0 Å². The predicted octanol–water partition coefficient (Wildman–Crippen LogP) is -0.492. The number of aliphatic carboxylic acids is 1. The van der Waals surface area contributed by atoms with E-state index in [1.807, 2.05) is 6.92 Å². The Bertz CT molecular complexity index is 336. The van der Waals surface area contributed by atoms with E-state index in [-0.39, 0.29) is 41.4 Å². The van der Waals surface area contributed by atoms with Gasteiger partial charge in [0.15, 0.2) is 0 Å². The zero-order valence-corrected chi connectivity index (χ0v) is 16.6. The van der Waals surface area contributed by atoms with Crippen molar-refractivity contribution < 1.29 is 44.3 Å². The summed E-state index contributed by atoms with van der Waals surface area (Å²) in [5.74, 6) is -1.18. The van der Waals surface area contributed by atoms with E-state index in [0.717, 1.165) is 19.3 Å². The minimum atomic E-state index is -1.11. The van der Waals surface area contributed by atoms with E-state index in [1.165, 1.54) is 43.4 Å². The van der Waals surface area contributed by atoms with Crippen LogP contribution in [0.25, 0.3) is 0 Å². The molecule has 1 aliphatic heterocycles. The molecule has 0 aromatic carbocycles. The Morgan fingerprint density at radius 1 is 1.14 bits per heavy atom. The van der Waals surface area contributed by atoms with Crippen LogP contribution in [0.4, 0.5) is 0 Å². The van der Waals surface area contributed by atoms with Gasteiger partial charge < -0.3 is 14.8 Å². The fourth-order valence-corrected chi connectivity index (χ4v) is 3.09. The Hall–Kier alpha value is -0.0600. The molecular weight excluding hydrogens is 289 g/mol. The third-order valence-electron chi connectivity index (χ3n) is 4.47. The third kappa shape index (κ3) is 7.47. The average Bonchev–Trinajstić information content (AvgIpc) is 2.94. The van der Waals surface area contributed by atoms with Crippen molar-refractivity contribution in [1.29, 1.82) is 0 Å². The van der Waals surface area contributed by atoms with E-state index >= 15 is 0 Å². The van der Waals surface area contributed by atoms with Gasteiger partial charge in [-0.05, 0) is 19.3 Å². The summed E-state index contributed by atoms with van der Waals surface area (Å²) < 4.78 is 0. The van der Waals surface area contributed by atoms with Crippen LogP contribution >= 0.6 is 0 Å². The van der Waals surface area contributed by atoms with E-state index in [4.69, 9.17) is 0 Å². The molecule has 1 amide bonds. The molecule has 1 rings (SSSR count). The van der Waals surface area contributed by atoms with Gasteiger partial charge in [-0.3, -0.25) is 4.79 Å². The van der Waals surface area contributed by atoms with E-state index in [2.05, 4.69) is 6.92 Å². The summed E-state index contributed by atoms with van der Waals surface area (Å²) >= 11 is 0. The molecular formula is C17H30NNaO3. The first kappa shape index (κ1) is 21.9. The average molecular weight is 319 g/mol. The Morgan fingerprint density at radius 2 is 1.73 bits per heavy atom. The van der Waals surface area contributed by atoms with Crippen LogP contribution < -0.4 is 34.7 Å². The molecule has 0 spiro atoms. The van der Waals surface area contributed by atoms with Crippen LogP contribution in [0.2, 0.25) is 0 Å². The third-order valence-corrected chi connectivity index (χ3v) is 4.47. The Kier molecular flexibility index (Phi) is 12.3. The van der Waals surface area contributed by atoms with Crippen LogP contribution in [0.3, 0.4) is 0 Å². The van der Waals surface area contributed by atoms with Crippen LogP contribution in [0.1, 0.15) is 78.1 Å². The number of rotatable bonds is 10. The van der Waals surface area contributed by atoms with Gasteiger partial charge in [0.25, 0.3) is 0 Å². The maximum absolute atomic E-state index is 12.3. The van der Waals surface area contributed by atoms with Crippen molar-refractivity contribution in [3.63, 3.8) is 0 Å². The molecule has 0 aromatic rings. The van der Waals surface area contributed by atoms with Gasteiger partial charge in [-0.1, -0.05) is 58.8 Å². The van der Waals surface area contributed by atoms with E-state index < -0.39 is 12.0 Å². The molecule has 2 atom stereocenters. The van der Waals surface area contributed by atoms with Crippen LogP contribution in [-0.4, -0.2) is 29.4 Å². The Balaban J connectivity index is 0.00000441. The second-order valence-electron chi connectivity index (χ2n) is 6.32. The molecule has 1 unspecified atom stereocenters. The minimum absolute atomic E-state index is 0. The molecule has 0 radical (unpaired) electrons. The number of carbonyl (C=O) groups is 2. The number of hydrogen-bond donors (Lipinski definition) is 0. The zero-order valence-electron chi connectivity index (χ0n) is 14.6. The molecule has 0 aromatic heterocycles. The maximum Gasteiger partial charge on any atom is 1.00 e. The molecule has 1 heterocycles. The molecule has 5 heteroatoms. The molecule has 0 aliphatic carbocycles. The summed E-state index contributed by atoms with van der Waals surface area (Å²) in [4.78, 5) is 24.8. The second kappa shape index (κ2) is 12.4. The number of amides is 1. The SMILES string of the molecule is CCCCCCCCCC(C)C(=O)N1CCC[C@H]1C(=O)[O-].[Na+]. The van der Waals surface area contributed by atoms with Crippen molar-refractivity contribution in [2.24, 2.45) is 5.92 Å². The first-order chi connectivity index (χ1) is 10.1. The molecule has 1 saturated heterocycles. The van der Waals surface area contributed by atoms with Gasteiger partial charge in [0.1, 0.15) is 0 Å². The normalized spacial score (nSPS) is 18.8. The largest absolute Gasteiger partial charge is 1.00 e. The summed E-state index contributed by atoms with van der Waals surface area (Å²) in [6, 6.07) is -0.700. The number of likely N-dealkylation sites (tertiary alicyclic amines) is 1. The maximum atomic E-state index is 12.3. The minimum Gasteiger partial charge on any atom is -0.548 e. The predicted molar refractivity (Wildman–Crippen MR) is 81.5 cm³/mol. The van der Waals surface area contributed by atoms with Crippen LogP contribution in [0.15, 0.2) is 0 Å². The fourth-order valence-electron chi connectivity index (χ4n) is 3.09. The van der Waals surface area contributed by atoms with Gasteiger partial charge in [0, 0.05) is 12.5 Å². The number of carboxylic acid groups (broad SMARTS) is 1. The first-order valence-electron chi connectivity index (χ1n) is 8.59. The number of hydrogen-bond acceptors (Lipinski definition) is 3. The molecule has 22 heavy (non-hydrogen) atoms. The Morgan fingerprint density at radius 3 is 2.32 bits per heavy atom. The number of carboxylic acids is 1. The van der Waals surface area contributed by atoms with Crippen molar-refractivity contribution in [3.05, 3.63) is 0 Å². The zero-order chi connectivity index (χ0) is 15.7. The standard InChI is InChI=1S/C17H31NO3.Na/c1-3-4-5-6-7-8-9-11-14(2)16(19)18-13-10-12-15(18)17(20)21;/h14-15H,3-13H2,1-2H3,(H,20,21);/q;+1/p-1/t14?,15-;/m0./s1. The number of nitrogens with zero attached hydrogens (tertiary/aromatic N) is 1. The van der Waals surface area contributed by atoms with Crippen molar-refractivity contribution in [2.45, 2.75) is 84.1 Å². The van der Waals surface area contributed by atoms with Crippen LogP contribution in [-0.2, 0) is 9.59 Å². The fraction of sp³-hybridized carbons (Fsp3) is 0.882. The van der Waals surface area contributed by atoms with Gasteiger partial charge in [0.2, 0.25) is 5.91 Å². The summed E-state index contributed by atoms with van der Waals surface area (Å²) in [5.41, 5.74) is 0. The molecule has 0 N–H and O–H groups in total. The summed E-state index contributed by atoms with van der Waals surface area (Å²) in [6.07, 6.45) is 10.8. The Labute approximate surface area is 157 Å². The quantitative estimate of drug-likeness (QED) is 0.403. The second-order valence-corrected chi connectivity index (χ2v) is 6.32. The van der Waals surface area contributed by atoms with Gasteiger partial charge in [-0.2, -0.15) is 0 Å². The van der Waals surface area contributed by atoms with Crippen molar-refractivity contribution in [3.8, 4) is 0 Å². The van der Waals surface area contributed by atoms with E-state index in [1.54, 1.807) is 0 Å². The van der Waals surface area contributed by atoms with Crippen molar-refractivity contribution >= 4 is 11.9 Å². The topological polar surface area (TPSA) is 60.4 Å². The molecule has 1 aliphatic rings. The van der Waals surface area contributed by atoms with Crippen molar-refractivity contribution in [2.75, 3.05) is 6.54 Å². The van der Waals surface area contributed by atoms with Gasteiger partial charge in [0.05, 0.1) is 12.0 Å². The van der Waals surface area contributed by atoms with Crippen LogP contribution in [0.5, 0.6) is 0 Å². The number of unbranched alkanes of at least 4 members (excludes halogenated alkanes) is 6.